The fraction of sp³-hybridized carbons (Fsp3) is 0.176. The normalized spacial score (nSPS) is 12.4. The minimum atomic E-state index is 0.232. The van der Waals surface area contributed by atoms with Crippen LogP contribution in [0.3, 0.4) is 0 Å². The molecule has 8 heteroatoms. The highest BCUT2D eigenvalue weighted by molar-refractivity contribution is 7.99. The van der Waals surface area contributed by atoms with Crippen LogP contribution < -0.4 is 14.2 Å². The van der Waals surface area contributed by atoms with Crippen molar-refractivity contribution in [3.8, 4) is 28.7 Å². The maximum Gasteiger partial charge on any atom is 0.276 e. The van der Waals surface area contributed by atoms with Gasteiger partial charge in [-0.1, -0.05) is 29.4 Å². The van der Waals surface area contributed by atoms with Crippen LogP contribution in [-0.4, -0.2) is 29.4 Å². The number of ether oxygens (including phenoxy) is 3. The molecular weight excluding hydrogens is 364 g/mol. The number of benzene rings is 2. The van der Waals surface area contributed by atoms with E-state index in [1.807, 2.05) is 30.3 Å². The van der Waals surface area contributed by atoms with Gasteiger partial charge in [0, 0.05) is 16.3 Å². The van der Waals surface area contributed by atoms with Gasteiger partial charge in [0.15, 0.2) is 11.5 Å². The third-order valence-electron chi connectivity index (χ3n) is 3.40. The van der Waals surface area contributed by atoms with Crippen molar-refractivity contribution in [3.63, 3.8) is 0 Å². The monoisotopic (exact) mass is 376 g/mol. The van der Waals surface area contributed by atoms with E-state index in [4.69, 9.17) is 30.2 Å². The molecule has 0 N–H and O–H groups in total. The van der Waals surface area contributed by atoms with Crippen LogP contribution in [0.2, 0.25) is 5.02 Å². The first-order chi connectivity index (χ1) is 12.3. The van der Waals surface area contributed by atoms with Gasteiger partial charge in [-0.05, 0) is 36.4 Å². The van der Waals surface area contributed by atoms with Crippen molar-refractivity contribution in [1.29, 1.82) is 0 Å². The van der Waals surface area contributed by atoms with Crippen LogP contribution in [0.25, 0.3) is 11.5 Å². The molecule has 0 bridgehead atoms. The molecule has 0 radical (unpaired) electrons. The van der Waals surface area contributed by atoms with E-state index in [-0.39, 0.29) is 6.79 Å². The molecular formula is C17H13ClN2O4S. The predicted molar refractivity (Wildman–Crippen MR) is 93.5 cm³/mol. The van der Waals surface area contributed by atoms with Gasteiger partial charge in [0.1, 0.15) is 5.75 Å². The third-order valence-corrected chi connectivity index (χ3v) is 4.42. The first kappa shape index (κ1) is 16.1. The van der Waals surface area contributed by atoms with Crippen molar-refractivity contribution in [2.24, 2.45) is 0 Å². The van der Waals surface area contributed by atoms with E-state index >= 15 is 0 Å². The minimum Gasteiger partial charge on any atom is -0.493 e. The Labute approximate surface area is 153 Å². The average Bonchev–Trinajstić information content (AvgIpc) is 3.27. The molecule has 6 nitrogen and oxygen atoms in total. The number of thioether (sulfide) groups is 1. The van der Waals surface area contributed by atoms with Crippen LogP contribution in [-0.2, 0) is 0 Å². The molecule has 2 heterocycles. The van der Waals surface area contributed by atoms with Crippen molar-refractivity contribution >= 4 is 23.4 Å². The molecule has 0 fully saturated rings. The quantitative estimate of drug-likeness (QED) is 0.469. The number of aromatic nitrogens is 2. The standard InChI is InChI=1S/C17H13ClN2O4S/c18-12-2-1-3-13(9-12)21-6-7-25-17-20-19-16(24-17)11-4-5-14-15(8-11)23-10-22-14/h1-5,8-9H,6-7,10H2. The molecule has 0 saturated heterocycles. The predicted octanol–water partition coefficient (Wildman–Crippen LogP) is 4.29. The number of halogens is 1. The van der Waals surface area contributed by atoms with E-state index in [0.717, 1.165) is 17.1 Å². The SMILES string of the molecule is Clc1cccc(OCCSc2nnc(-c3ccc4c(c3)OCO4)o2)c1. The van der Waals surface area contributed by atoms with Crippen molar-refractivity contribution in [2.75, 3.05) is 19.2 Å². The molecule has 128 valence electrons. The first-order valence-corrected chi connectivity index (χ1v) is 8.89. The van der Waals surface area contributed by atoms with E-state index in [1.54, 1.807) is 12.1 Å². The van der Waals surface area contributed by atoms with Crippen molar-refractivity contribution in [3.05, 3.63) is 47.5 Å². The summed E-state index contributed by atoms with van der Waals surface area (Å²) in [4.78, 5) is 0. The molecule has 4 rings (SSSR count). The summed E-state index contributed by atoms with van der Waals surface area (Å²) in [5.41, 5.74) is 0.791. The molecule has 1 aromatic heterocycles. The topological polar surface area (TPSA) is 66.6 Å². The highest BCUT2D eigenvalue weighted by atomic mass is 35.5. The van der Waals surface area contributed by atoms with Gasteiger partial charge in [-0.3, -0.25) is 0 Å². The fourth-order valence-electron chi connectivity index (χ4n) is 2.26. The summed E-state index contributed by atoms with van der Waals surface area (Å²) < 4.78 is 21.9. The van der Waals surface area contributed by atoms with Crippen LogP contribution in [0.4, 0.5) is 0 Å². The Morgan fingerprint density at radius 3 is 2.92 bits per heavy atom. The van der Waals surface area contributed by atoms with Gasteiger partial charge in [-0.25, -0.2) is 0 Å². The zero-order valence-electron chi connectivity index (χ0n) is 13.0. The van der Waals surface area contributed by atoms with Crippen LogP contribution in [0.15, 0.2) is 52.1 Å². The number of hydrogen-bond acceptors (Lipinski definition) is 7. The van der Waals surface area contributed by atoms with Gasteiger partial charge in [0.05, 0.1) is 6.61 Å². The Balaban J connectivity index is 1.32. The van der Waals surface area contributed by atoms with Gasteiger partial charge in [-0.15, -0.1) is 10.2 Å². The largest absolute Gasteiger partial charge is 0.493 e. The van der Waals surface area contributed by atoms with E-state index < -0.39 is 0 Å². The molecule has 3 aromatic rings. The summed E-state index contributed by atoms with van der Waals surface area (Å²) in [5.74, 6) is 3.25. The van der Waals surface area contributed by atoms with Gasteiger partial charge in [0.25, 0.3) is 5.22 Å². The van der Waals surface area contributed by atoms with Crippen LogP contribution in [0, 0.1) is 0 Å². The lowest BCUT2D eigenvalue weighted by Gasteiger charge is -2.04. The zero-order chi connectivity index (χ0) is 17.1. The van der Waals surface area contributed by atoms with E-state index in [9.17, 15) is 0 Å². The van der Waals surface area contributed by atoms with Crippen LogP contribution >= 0.6 is 23.4 Å². The number of hydrogen-bond donors (Lipinski definition) is 0. The average molecular weight is 377 g/mol. The summed E-state index contributed by atoms with van der Waals surface area (Å²) in [6.45, 7) is 0.739. The highest BCUT2D eigenvalue weighted by Gasteiger charge is 2.16. The second-order valence-corrected chi connectivity index (χ2v) is 6.58. The lowest BCUT2D eigenvalue weighted by atomic mass is 10.2. The van der Waals surface area contributed by atoms with E-state index in [1.165, 1.54) is 11.8 Å². The zero-order valence-corrected chi connectivity index (χ0v) is 14.5. The van der Waals surface area contributed by atoms with Crippen molar-refractivity contribution in [2.45, 2.75) is 5.22 Å². The highest BCUT2D eigenvalue weighted by Crippen LogP contribution is 2.36. The van der Waals surface area contributed by atoms with Crippen molar-refractivity contribution in [1.82, 2.24) is 10.2 Å². The number of nitrogens with zero attached hydrogens (tertiary/aromatic N) is 2. The van der Waals surface area contributed by atoms with Gasteiger partial charge >= 0.3 is 0 Å². The molecule has 0 saturated carbocycles. The first-order valence-electron chi connectivity index (χ1n) is 7.53. The summed E-state index contributed by atoms with van der Waals surface area (Å²) in [5, 5.41) is 9.25. The van der Waals surface area contributed by atoms with Gasteiger partial charge in [-0.2, -0.15) is 0 Å². The summed E-state index contributed by atoms with van der Waals surface area (Å²) >= 11 is 7.35. The second kappa shape index (κ2) is 7.25. The summed E-state index contributed by atoms with van der Waals surface area (Å²) in [6, 6.07) is 12.8. The molecule has 0 spiro atoms. The molecule has 0 atom stereocenters. The molecule has 1 aliphatic heterocycles. The number of fused-ring (bicyclic) bond motifs is 1. The lowest BCUT2D eigenvalue weighted by Crippen LogP contribution is -1.99. The fourth-order valence-corrected chi connectivity index (χ4v) is 3.02. The summed E-state index contributed by atoms with van der Waals surface area (Å²) in [7, 11) is 0. The van der Waals surface area contributed by atoms with Crippen LogP contribution in [0.5, 0.6) is 17.2 Å². The molecule has 0 unspecified atom stereocenters. The molecule has 2 aromatic carbocycles. The Morgan fingerprint density at radius 2 is 2.00 bits per heavy atom. The smallest absolute Gasteiger partial charge is 0.276 e. The maximum absolute atomic E-state index is 5.91. The second-order valence-electron chi connectivity index (χ2n) is 5.10. The Kier molecular flexibility index (Phi) is 4.67. The Morgan fingerprint density at radius 1 is 1.08 bits per heavy atom. The van der Waals surface area contributed by atoms with Gasteiger partial charge in [0.2, 0.25) is 12.7 Å². The van der Waals surface area contributed by atoms with Crippen molar-refractivity contribution < 1.29 is 18.6 Å². The molecule has 1 aliphatic rings. The lowest BCUT2D eigenvalue weighted by molar-refractivity contribution is 0.174. The molecule has 0 aliphatic carbocycles. The Bertz CT molecular complexity index is 887. The van der Waals surface area contributed by atoms with Crippen LogP contribution in [0.1, 0.15) is 0 Å². The minimum absolute atomic E-state index is 0.232. The van der Waals surface area contributed by atoms with E-state index in [0.29, 0.717) is 34.2 Å². The molecule has 0 amide bonds. The van der Waals surface area contributed by atoms with Gasteiger partial charge < -0.3 is 18.6 Å². The summed E-state index contributed by atoms with van der Waals surface area (Å²) in [6.07, 6.45) is 0. The Hall–Kier alpha value is -2.38. The third kappa shape index (κ3) is 3.83. The maximum atomic E-state index is 5.91. The molecule has 25 heavy (non-hydrogen) atoms. The van der Waals surface area contributed by atoms with E-state index in [2.05, 4.69) is 10.2 Å². The number of rotatable bonds is 6.